The Morgan fingerprint density at radius 3 is 2.49 bits per heavy atom. The summed E-state index contributed by atoms with van der Waals surface area (Å²) in [4.78, 5) is 64.5. The molecule has 1 atom stereocenters. The van der Waals surface area contributed by atoms with E-state index < -0.39 is 17.6 Å². The molecular formula is C25H32N4O6. The van der Waals surface area contributed by atoms with Gasteiger partial charge in [-0.2, -0.15) is 0 Å². The van der Waals surface area contributed by atoms with E-state index in [0.29, 0.717) is 51.0 Å². The summed E-state index contributed by atoms with van der Waals surface area (Å²) in [5, 5.41) is 5.27. The molecule has 2 saturated heterocycles. The Kier molecular flexibility index (Phi) is 6.82. The third-order valence-corrected chi connectivity index (χ3v) is 6.57. The standard InChI is InChI=1S/C25H32N4O6/c1-25(2,3)35-24(34)28-10-8-16(9-11-28)21(31)26-13-15-4-5-18-17(12-15)14-29(23(18)33)19-6-7-20(30)27-22(19)32/h4-5,12,16,19H,6-11,13-14H2,1-3H3,(H,26,31)(H,27,30,32). The van der Waals surface area contributed by atoms with Crippen LogP contribution in [0.25, 0.3) is 0 Å². The minimum absolute atomic E-state index is 0.0596. The first-order valence-corrected chi connectivity index (χ1v) is 12.0. The first-order chi connectivity index (χ1) is 16.5. The van der Waals surface area contributed by atoms with Crippen molar-refractivity contribution in [1.29, 1.82) is 0 Å². The maximum atomic E-state index is 12.8. The van der Waals surface area contributed by atoms with Crippen molar-refractivity contribution in [3.05, 3.63) is 34.9 Å². The summed E-state index contributed by atoms with van der Waals surface area (Å²) in [5.41, 5.74) is 1.66. The molecule has 5 amide bonds. The number of nitrogens with zero attached hydrogens (tertiary/aromatic N) is 2. The SMILES string of the molecule is CC(C)(C)OC(=O)N1CCC(C(=O)NCc2ccc3c(c2)CN(C2CCC(=O)NC2=O)C3=O)CC1. The van der Waals surface area contributed by atoms with Crippen LogP contribution in [-0.2, 0) is 32.2 Å². The lowest BCUT2D eigenvalue weighted by Gasteiger charge is -2.32. The molecule has 1 aromatic carbocycles. The van der Waals surface area contributed by atoms with Crippen molar-refractivity contribution in [2.24, 2.45) is 5.92 Å². The minimum atomic E-state index is -0.651. The van der Waals surface area contributed by atoms with Gasteiger partial charge in [-0.3, -0.25) is 24.5 Å². The molecule has 1 aromatic rings. The number of carbonyl (C=O) groups is 5. The van der Waals surface area contributed by atoms with Crippen LogP contribution >= 0.6 is 0 Å². The number of benzene rings is 1. The number of rotatable bonds is 4. The molecule has 10 heteroatoms. The topological polar surface area (TPSA) is 125 Å². The van der Waals surface area contributed by atoms with Crippen molar-refractivity contribution in [3.8, 4) is 0 Å². The van der Waals surface area contributed by atoms with Crippen molar-refractivity contribution in [2.75, 3.05) is 13.1 Å². The fourth-order valence-corrected chi connectivity index (χ4v) is 4.72. The Bertz CT molecular complexity index is 1050. The fraction of sp³-hybridized carbons (Fsp3) is 0.560. The van der Waals surface area contributed by atoms with Gasteiger partial charge in [0, 0.05) is 44.1 Å². The zero-order chi connectivity index (χ0) is 25.3. The van der Waals surface area contributed by atoms with Gasteiger partial charge in [-0.15, -0.1) is 0 Å². The van der Waals surface area contributed by atoms with Crippen molar-refractivity contribution >= 4 is 29.7 Å². The van der Waals surface area contributed by atoms with Gasteiger partial charge in [0.25, 0.3) is 5.91 Å². The maximum Gasteiger partial charge on any atom is 0.410 e. The van der Waals surface area contributed by atoms with E-state index in [0.717, 1.165) is 11.1 Å². The van der Waals surface area contributed by atoms with Gasteiger partial charge in [-0.05, 0) is 57.2 Å². The van der Waals surface area contributed by atoms with Crippen LogP contribution in [0.3, 0.4) is 0 Å². The van der Waals surface area contributed by atoms with Crippen LogP contribution < -0.4 is 10.6 Å². The second-order valence-corrected chi connectivity index (χ2v) is 10.4. The number of hydrogen-bond acceptors (Lipinski definition) is 6. The zero-order valence-electron chi connectivity index (χ0n) is 20.4. The number of likely N-dealkylation sites (tertiary alicyclic amines) is 1. The van der Waals surface area contributed by atoms with E-state index in [2.05, 4.69) is 10.6 Å². The molecular weight excluding hydrogens is 452 g/mol. The molecule has 4 rings (SSSR count). The van der Waals surface area contributed by atoms with Crippen LogP contribution in [0.5, 0.6) is 0 Å². The average Bonchev–Trinajstić information content (AvgIpc) is 3.12. The second-order valence-electron chi connectivity index (χ2n) is 10.4. The number of piperidine rings is 2. The summed E-state index contributed by atoms with van der Waals surface area (Å²) >= 11 is 0. The highest BCUT2D eigenvalue weighted by atomic mass is 16.6. The summed E-state index contributed by atoms with van der Waals surface area (Å²) < 4.78 is 5.40. The van der Waals surface area contributed by atoms with E-state index in [-0.39, 0.29) is 36.2 Å². The Labute approximate surface area is 204 Å². The van der Waals surface area contributed by atoms with E-state index in [1.807, 2.05) is 26.8 Å². The first-order valence-electron chi connectivity index (χ1n) is 12.0. The Morgan fingerprint density at radius 1 is 1.11 bits per heavy atom. The van der Waals surface area contributed by atoms with Crippen LogP contribution in [0.15, 0.2) is 18.2 Å². The van der Waals surface area contributed by atoms with Crippen molar-refractivity contribution in [2.45, 2.75) is 71.2 Å². The summed E-state index contributed by atoms with van der Waals surface area (Å²) in [6, 6.07) is 4.76. The maximum absolute atomic E-state index is 12.8. The van der Waals surface area contributed by atoms with Crippen LogP contribution in [0.4, 0.5) is 4.79 Å². The van der Waals surface area contributed by atoms with Gasteiger partial charge < -0.3 is 19.9 Å². The smallest absolute Gasteiger partial charge is 0.410 e. The van der Waals surface area contributed by atoms with Crippen LogP contribution in [0.2, 0.25) is 0 Å². The van der Waals surface area contributed by atoms with E-state index in [9.17, 15) is 24.0 Å². The number of hydrogen-bond donors (Lipinski definition) is 2. The molecule has 2 fully saturated rings. The molecule has 3 heterocycles. The largest absolute Gasteiger partial charge is 0.444 e. The molecule has 10 nitrogen and oxygen atoms in total. The summed E-state index contributed by atoms with van der Waals surface area (Å²) in [6.07, 6.45) is 1.33. The van der Waals surface area contributed by atoms with E-state index in [1.54, 1.807) is 17.0 Å². The number of fused-ring (bicyclic) bond motifs is 1. The van der Waals surface area contributed by atoms with Gasteiger partial charge in [-0.1, -0.05) is 12.1 Å². The number of imide groups is 1. The molecule has 3 aliphatic heterocycles. The average molecular weight is 485 g/mol. The minimum Gasteiger partial charge on any atom is -0.444 e. The molecule has 0 saturated carbocycles. The highest BCUT2D eigenvalue weighted by Gasteiger charge is 2.39. The monoisotopic (exact) mass is 484 g/mol. The predicted molar refractivity (Wildman–Crippen MR) is 125 cm³/mol. The number of nitrogens with one attached hydrogen (secondary N) is 2. The van der Waals surface area contributed by atoms with Gasteiger partial charge in [-0.25, -0.2) is 4.79 Å². The third kappa shape index (κ3) is 5.63. The lowest BCUT2D eigenvalue weighted by Crippen LogP contribution is -2.52. The first kappa shape index (κ1) is 24.7. The fourth-order valence-electron chi connectivity index (χ4n) is 4.72. The van der Waals surface area contributed by atoms with E-state index in [4.69, 9.17) is 4.74 Å². The lowest BCUT2D eigenvalue weighted by molar-refractivity contribution is -0.137. The highest BCUT2D eigenvalue weighted by molar-refractivity contribution is 6.05. The van der Waals surface area contributed by atoms with Crippen LogP contribution in [-0.4, -0.2) is 64.3 Å². The quantitative estimate of drug-likeness (QED) is 0.627. The molecule has 188 valence electrons. The van der Waals surface area contributed by atoms with Gasteiger partial charge in [0.05, 0.1) is 0 Å². The molecule has 35 heavy (non-hydrogen) atoms. The molecule has 0 aliphatic carbocycles. The van der Waals surface area contributed by atoms with Gasteiger partial charge in [0.1, 0.15) is 11.6 Å². The normalized spacial score (nSPS) is 21.0. The number of amides is 5. The second kappa shape index (κ2) is 9.67. The van der Waals surface area contributed by atoms with Gasteiger partial charge in [0.2, 0.25) is 17.7 Å². The molecule has 0 aromatic heterocycles. The van der Waals surface area contributed by atoms with Crippen molar-refractivity contribution in [1.82, 2.24) is 20.4 Å². The summed E-state index contributed by atoms with van der Waals surface area (Å²) in [7, 11) is 0. The number of carbonyl (C=O) groups excluding carboxylic acids is 5. The van der Waals surface area contributed by atoms with Crippen LogP contribution in [0, 0.1) is 5.92 Å². The Hall–Kier alpha value is -3.43. The molecule has 0 bridgehead atoms. The van der Waals surface area contributed by atoms with E-state index in [1.165, 1.54) is 4.90 Å². The molecule has 1 unspecified atom stereocenters. The van der Waals surface area contributed by atoms with E-state index >= 15 is 0 Å². The molecule has 2 N–H and O–H groups in total. The van der Waals surface area contributed by atoms with Crippen molar-refractivity contribution in [3.63, 3.8) is 0 Å². The molecule has 3 aliphatic rings. The summed E-state index contributed by atoms with van der Waals surface area (Å²) in [6.45, 7) is 7.05. The Balaban J connectivity index is 1.29. The third-order valence-electron chi connectivity index (χ3n) is 6.57. The lowest BCUT2D eigenvalue weighted by atomic mass is 9.96. The predicted octanol–water partition coefficient (Wildman–Crippen LogP) is 1.71. The zero-order valence-corrected chi connectivity index (χ0v) is 20.4. The number of ether oxygens (including phenoxy) is 1. The van der Waals surface area contributed by atoms with Gasteiger partial charge >= 0.3 is 6.09 Å². The van der Waals surface area contributed by atoms with Crippen LogP contribution in [0.1, 0.15) is 67.9 Å². The van der Waals surface area contributed by atoms with Crippen molar-refractivity contribution < 1.29 is 28.7 Å². The molecule has 0 spiro atoms. The Morgan fingerprint density at radius 2 is 1.83 bits per heavy atom. The summed E-state index contributed by atoms with van der Waals surface area (Å²) in [5.74, 6) is -1.21. The van der Waals surface area contributed by atoms with Gasteiger partial charge in [0.15, 0.2) is 0 Å². The molecule has 0 radical (unpaired) electrons. The highest BCUT2D eigenvalue weighted by Crippen LogP contribution is 2.28.